The molecule has 2 amide bonds. The molecule has 158 valence electrons. The molecule has 1 fully saturated rings. The zero-order valence-electron chi connectivity index (χ0n) is 16.9. The number of amides is 2. The topological polar surface area (TPSA) is 119 Å². The normalized spacial score (nSPS) is 15.4. The number of likely N-dealkylation sites (tertiary alicyclic amines) is 1. The number of nitrogens with one attached hydrogen (secondary N) is 1. The lowest BCUT2D eigenvalue weighted by atomic mass is 9.93. The smallest absolute Gasteiger partial charge is 0.292 e. The van der Waals surface area contributed by atoms with Crippen molar-refractivity contribution < 1.29 is 14.5 Å². The molecule has 1 heterocycles. The molecule has 1 aliphatic heterocycles. The summed E-state index contributed by atoms with van der Waals surface area (Å²) in [5.74, 6) is -0.422. The van der Waals surface area contributed by atoms with Gasteiger partial charge in [-0.3, -0.25) is 19.7 Å². The van der Waals surface area contributed by atoms with E-state index < -0.39 is 4.92 Å². The molecule has 0 bridgehead atoms. The number of hydrogen-bond donors (Lipinski definition) is 2. The van der Waals surface area contributed by atoms with Crippen LogP contribution in [0.4, 0.5) is 11.4 Å². The molecule has 0 saturated carbocycles. The minimum Gasteiger partial charge on any atom is -0.393 e. The third kappa shape index (κ3) is 4.76. The summed E-state index contributed by atoms with van der Waals surface area (Å²) in [6.07, 6.45) is 2.01. The van der Waals surface area contributed by atoms with Crippen molar-refractivity contribution in [2.45, 2.75) is 38.1 Å². The molecule has 8 heteroatoms. The molecule has 1 atom stereocenters. The zero-order valence-corrected chi connectivity index (χ0v) is 16.9. The highest BCUT2D eigenvalue weighted by molar-refractivity contribution is 5.95. The van der Waals surface area contributed by atoms with E-state index in [4.69, 9.17) is 5.73 Å². The second-order valence-corrected chi connectivity index (χ2v) is 7.48. The predicted molar refractivity (Wildman–Crippen MR) is 114 cm³/mol. The van der Waals surface area contributed by atoms with Crippen molar-refractivity contribution in [1.29, 1.82) is 0 Å². The maximum absolute atomic E-state index is 13.0. The zero-order chi connectivity index (χ0) is 21.7. The number of nitrogens with two attached hydrogens (primary N) is 1. The van der Waals surface area contributed by atoms with Crippen molar-refractivity contribution >= 4 is 23.2 Å². The average Bonchev–Trinajstić information content (AvgIpc) is 2.75. The molecule has 0 radical (unpaired) electrons. The van der Waals surface area contributed by atoms with Crippen LogP contribution in [0.2, 0.25) is 0 Å². The third-order valence-electron chi connectivity index (χ3n) is 5.54. The predicted octanol–water partition coefficient (Wildman–Crippen LogP) is 3.09. The highest BCUT2D eigenvalue weighted by Gasteiger charge is 2.29. The number of nitrogens with zero attached hydrogens (tertiary/aromatic N) is 2. The van der Waals surface area contributed by atoms with E-state index in [9.17, 15) is 19.7 Å². The Labute approximate surface area is 175 Å². The van der Waals surface area contributed by atoms with Gasteiger partial charge in [0, 0.05) is 30.8 Å². The highest BCUT2D eigenvalue weighted by Crippen LogP contribution is 2.25. The van der Waals surface area contributed by atoms with Crippen molar-refractivity contribution in [3.63, 3.8) is 0 Å². The Morgan fingerprint density at radius 3 is 2.47 bits per heavy atom. The Balaban J connectivity index is 1.58. The van der Waals surface area contributed by atoms with E-state index in [2.05, 4.69) is 5.32 Å². The van der Waals surface area contributed by atoms with Gasteiger partial charge in [0.2, 0.25) is 5.91 Å². The van der Waals surface area contributed by atoms with Gasteiger partial charge in [-0.05, 0) is 37.0 Å². The van der Waals surface area contributed by atoms with Gasteiger partial charge in [-0.25, -0.2) is 0 Å². The van der Waals surface area contributed by atoms with Crippen LogP contribution < -0.4 is 11.1 Å². The highest BCUT2D eigenvalue weighted by atomic mass is 16.6. The monoisotopic (exact) mass is 410 g/mol. The maximum Gasteiger partial charge on any atom is 0.292 e. The minimum absolute atomic E-state index is 0.0206. The molecule has 0 spiro atoms. The van der Waals surface area contributed by atoms with Crippen LogP contribution in [0.25, 0.3) is 0 Å². The number of anilines is 1. The van der Waals surface area contributed by atoms with Crippen LogP contribution in [0.3, 0.4) is 0 Å². The quantitative estimate of drug-likeness (QED) is 0.431. The Morgan fingerprint density at radius 2 is 1.87 bits per heavy atom. The number of nitro benzene ring substituents is 1. The number of rotatable bonds is 6. The standard InChI is InChI=1S/C22H26N4O4/c1-2-18(15-6-4-3-5-7-15)22(28)25-12-10-17(11-13-25)24-21(27)16-8-9-19(23)20(14-16)26(29)30/h3-9,14,17-18H,2,10-13,23H2,1H3,(H,24,27). The van der Waals surface area contributed by atoms with Crippen LogP contribution in [0.15, 0.2) is 48.5 Å². The summed E-state index contributed by atoms with van der Waals surface area (Å²) in [4.78, 5) is 37.8. The molecule has 3 rings (SSSR count). The molecule has 0 aromatic heterocycles. The molecule has 1 aliphatic rings. The lowest BCUT2D eigenvalue weighted by molar-refractivity contribution is -0.383. The summed E-state index contributed by atoms with van der Waals surface area (Å²) in [5, 5.41) is 13.9. The third-order valence-corrected chi connectivity index (χ3v) is 5.54. The second kappa shape index (κ2) is 9.39. The summed E-state index contributed by atoms with van der Waals surface area (Å²) in [6.45, 7) is 3.14. The molecule has 3 N–H and O–H groups in total. The number of nitrogen functional groups attached to an aromatic ring is 1. The fraction of sp³-hybridized carbons (Fsp3) is 0.364. The Bertz CT molecular complexity index is 924. The van der Waals surface area contributed by atoms with Gasteiger partial charge in [0.25, 0.3) is 11.6 Å². The lowest BCUT2D eigenvalue weighted by Crippen LogP contribution is -2.47. The summed E-state index contributed by atoms with van der Waals surface area (Å²) in [6, 6.07) is 13.7. The fourth-order valence-corrected chi connectivity index (χ4v) is 3.81. The molecule has 1 saturated heterocycles. The summed E-state index contributed by atoms with van der Waals surface area (Å²) >= 11 is 0. The Morgan fingerprint density at radius 1 is 1.20 bits per heavy atom. The van der Waals surface area contributed by atoms with Crippen LogP contribution in [0.5, 0.6) is 0 Å². The van der Waals surface area contributed by atoms with Gasteiger partial charge >= 0.3 is 0 Å². The molecule has 1 unspecified atom stereocenters. The van der Waals surface area contributed by atoms with E-state index in [1.165, 1.54) is 18.2 Å². The van der Waals surface area contributed by atoms with Gasteiger partial charge < -0.3 is 16.0 Å². The number of hydrogen-bond acceptors (Lipinski definition) is 5. The van der Waals surface area contributed by atoms with Gasteiger partial charge in [0.15, 0.2) is 0 Å². The molecule has 0 aliphatic carbocycles. The van der Waals surface area contributed by atoms with Crippen molar-refractivity contribution in [2.24, 2.45) is 0 Å². The molecular weight excluding hydrogens is 384 g/mol. The number of benzene rings is 2. The first-order valence-electron chi connectivity index (χ1n) is 10.1. The van der Waals surface area contributed by atoms with E-state index in [1.54, 1.807) is 0 Å². The van der Waals surface area contributed by atoms with Crippen LogP contribution in [-0.4, -0.2) is 40.8 Å². The molecular formula is C22H26N4O4. The fourth-order valence-electron chi connectivity index (χ4n) is 3.81. The Kier molecular flexibility index (Phi) is 6.66. The van der Waals surface area contributed by atoms with Gasteiger partial charge in [0.1, 0.15) is 5.69 Å². The SMILES string of the molecule is CCC(C(=O)N1CCC(NC(=O)c2ccc(N)c([N+](=O)[O-])c2)CC1)c1ccccc1. The minimum atomic E-state index is -0.604. The number of nitro groups is 1. The average molecular weight is 410 g/mol. The number of carbonyl (C=O) groups excluding carboxylic acids is 2. The number of carbonyl (C=O) groups is 2. The number of piperidine rings is 1. The first-order valence-corrected chi connectivity index (χ1v) is 10.1. The van der Waals surface area contributed by atoms with Crippen molar-refractivity contribution in [3.05, 3.63) is 69.8 Å². The van der Waals surface area contributed by atoms with E-state index in [1.807, 2.05) is 42.2 Å². The van der Waals surface area contributed by atoms with Crippen LogP contribution in [0, 0.1) is 10.1 Å². The van der Waals surface area contributed by atoms with Gasteiger partial charge in [-0.1, -0.05) is 37.3 Å². The molecule has 2 aromatic rings. The summed E-state index contributed by atoms with van der Waals surface area (Å²) < 4.78 is 0. The van der Waals surface area contributed by atoms with E-state index in [0.717, 1.165) is 12.0 Å². The second-order valence-electron chi connectivity index (χ2n) is 7.48. The van der Waals surface area contributed by atoms with Crippen LogP contribution in [0.1, 0.15) is 48.0 Å². The van der Waals surface area contributed by atoms with Crippen molar-refractivity contribution in [1.82, 2.24) is 10.2 Å². The van der Waals surface area contributed by atoms with Crippen molar-refractivity contribution in [3.8, 4) is 0 Å². The Hall–Kier alpha value is -3.42. The maximum atomic E-state index is 13.0. The summed E-state index contributed by atoms with van der Waals surface area (Å²) in [5.41, 5.74) is 6.54. The van der Waals surface area contributed by atoms with Gasteiger partial charge in [-0.2, -0.15) is 0 Å². The van der Waals surface area contributed by atoms with Crippen molar-refractivity contribution in [2.75, 3.05) is 18.8 Å². The van der Waals surface area contributed by atoms with E-state index >= 15 is 0 Å². The first-order chi connectivity index (χ1) is 14.4. The van der Waals surface area contributed by atoms with Crippen LogP contribution in [-0.2, 0) is 4.79 Å². The first kappa shape index (κ1) is 21.3. The van der Waals surface area contributed by atoms with E-state index in [-0.39, 0.29) is 40.7 Å². The lowest BCUT2D eigenvalue weighted by Gasteiger charge is -2.34. The molecule has 2 aromatic carbocycles. The van der Waals surface area contributed by atoms with E-state index in [0.29, 0.717) is 25.9 Å². The largest absolute Gasteiger partial charge is 0.393 e. The molecule has 30 heavy (non-hydrogen) atoms. The van der Waals surface area contributed by atoms with Crippen LogP contribution >= 0.6 is 0 Å². The molecule has 8 nitrogen and oxygen atoms in total. The summed E-state index contributed by atoms with van der Waals surface area (Å²) in [7, 11) is 0. The van der Waals surface area contributed by atoms with Gasteiger partial charge in [0.05, 0.1) is 10.8 Å². The van der Waals surface area contributed by atoms with Gasteiger partial charge in [-0.15, -0.1) is 0 Å².